The molecule has 0 heterocycles. The second kappa shape index (κ2) is 9.85. The molecule has 0 bridgehead atoms. The molecule has 6 nitrogen and oxygen atoms in total. The van der Waals surface area contributed by atoms with Crippen LogP contribution in [0.4, 0.5) is 5.69 Å². The molecule has 1 amide bonds. The Hall–Kier alpha value is -3.03. The zero-order valence-corrected chi connectivity index (χ0v) is 18.7. The molecule has 0 unspecified atom stereocenters. The Kier molecular flexibility index (Phi) is 7.20. The number of ether oxygens (including phenoxy) is 2. The molecule has 0 N–H and O–H groups in total. The summed E-state index contributed by atoms with van der Waals surface area (Å²) in [6, 6.07) is 19.0. The van der Waals surface area contributed by atoms with Crippen LogP contribution in [0, 0.1) is 6.92 Å². The van der Waals surface area contributed by atoms with Gasteiger partial charge in [0.1, 0.15) is 11.5 Å². The average molecular weight is 460 g/mol. The molecule has 3 aromatic rings. The SMILES string of the molecule is CCOc1ccc(N(C(=O)COc2ccc(Cl)c(C)c2)S(=O)(=O)c2ccccc2)cc1. The van der Waals surface area contributed by atoms with Crippen molar-refractivity contribution in [2.45, 2.75) is 18.7 Å². The van der Waals surface area contributed by atoms with E-state index in [2.05, 4.69) is 0 Å². The van der Waals surface area contributed by atoms with Crippen molar-refractivity contribution in [2.24, 2.45) is 0 Å². The summed E-state index contributed by atoms with van der Waals surface area (Å²) < 4.78 is 38.3. The van der Waals surface area contributed by atoms with E-state index in [1.807, 2.05) is 13.8 Å². The van der Waals surface area contributed by atoms with Crippen LogP contribution in [-0.2, 0) is 14.8 Å². The van der Waals surface area contributed by atoms with Crippen molar-refractivity contribution in [3.63, 3.8) is 0 Å². The van der Waals surface area contributed by atoms with Gasteiger partial charge in [0.25, 0.3) is 15.9 Å². The maximum atomic E-state index is 13.3. The number of sulfonamides is 1. The van der Waals surface area contributed by atoms with Gasteiger partial charge in [0, 0.05) is 5.02 Å². The van der Waals surface area contributed by atoms with Crippen LogP contribution in [0.3, 0.4) is 0 Å². The smallest absolute Gasteiger partial charge is 0.278 e. The minimum absolute atomic E-state index is 0.000396. The summed E-state index contributed by atoms with van der Waals surface area (Å²) in [5.41, 5.74) is 0.972. The molecule has 0 saturated carbocycles. The number of anilines is 1. The molecule has 0 aliphatic heterocycles. The summed E-state index contributed by atoms with van der Waals surface area (Å²) >= 11 is 6.02. The molecular formula is C23H22ClNO5S. The first-order valence-electron chi connectivity index (χ1n) is 9.58. The number of aryl methyl sites for hydroxylation is 1. The first-order chi connectivity index (χ1) is 14.8. The number of carbonyl (C=O) groups is 1. The van der Waals surface area contributed by atoms with Crippen LogP contribution < -0.4 is 13.8 Å². The topological polar surface area (TPSA) is 72.9 Å². The van der Waals surface area contributed by atoms with Gasteiger partial charge < -0.3 is 9.47 Å². The van der Waals surface area contributed by atoms with Gasteiger partial charge in [-0.15, -0.1) is 0 Å². The fourth-order valence-corrected chi connectivity index (χ4v) is 4.42. The molecule has 3 rings (SSSR count). The van der Waals surface area contributed by atoms with Crippen molar-refractivity contribution in [1.29, 1.82) is 0 Å². The van der Waals surface area contributed by atoms with E-state index in [9.17, 15) is 13.2 Å². The third-order valence-corrected chi connectivity index (χ3v) is 6.57. The molecular weight excluding hydrogens is 438 g/mol. The summed E-state index contributed by atoms with van der Waals surface area (Å²) in [6.45, 7) is 3.65. The highest BCUT2D eigenvalue weighted by atomic mass is 35.5. The third-order valence-electron chi connectivity index (χ3n) is 4.38. The maximum Gasteiger partial charge on any atom is 0.278 e. The van der Waals surface area contributed by atoms with Crippen LogP contribution in [0.2, 0.25) is 5.02 Å². The Morgan fingerprint density at radius 1 is 0.935 bits per heavy atom. The van der Waals surface area contributed by atoms with Crippen molar-refractivity contribution >= 4 is 33.2 Å². The molecule has 8 heteroatoms. The Labute approximate surface area is 187 Å². The molecule has 0 atom stereocenters. The predicted octanol–water partition coefficient (Wildman–Crippen LogP) is 4.85. The van der Waals surface area contributed by atoms with E-state index in [4.69, 9.17) is 21.1 Å². The number of carbonyl (C=O) groups excluding carboxylic acids is 1. The largest absolute Gasteiger partial charge is 0.494 e. The van der Waals surface area contributed by atoms with E-state index in [1.165, 1.54) is 24.3 Å². The molecule has 0 aliphatic carbocycles. The van der Waals surface area contributed by atoms with Crippen molar-refractivity contribution < 1.29 is 22.7 Å². The summed E-state index contributed by atoms with van der Waals surface area (Å²) in [4.78, 5) is 13.1. The lowest BCUT2D eigenvalue weighted by atomic mass is 10.2. The normalized spacial score (nSPS) is 11.1. The average Bonchev–Trinajstić information content (AvgIpc) is 2.76. The van der Waals surface area contributed by atoms with Gasteiger partial charge in [-0.1, -0.05) is 29.8 Å². The van der Waals surface area contributed by atoms with Gasteiger partial charge >= 0.3 is 0 Å². The van der Waals surface area contributed by atoms with E-state index >= 15 is 0 Å². The first-order valence-corrected chi connectivity index (χ1v) is 11.4. The summed E-state index contributed by atoms with van der Waals surface area (Å²) in [5.74, 6) is 0.253. The van der Waals surface area contributed by atoms with Gasteiger partial charge in [-0.05, 0) is 74.0 Å². The van der Waals surface area contributed by atoms with Crippen molar-refractivity contribution in [2.75, 3.05) is 17.5 Å². The Morgan fingerprint density at radius 3 is 2.19 bits per heavy atom. The van der Waals surface area contributed by atoms with Gasteiger partial charge in [0.2, 0.25) is 0 Å². The van der Waals surface area contributed by atoms with Crippen LogP contribution >= 0.6 is 11.6 Å². The van der Waals surface area contributed by atoms with Crippen LogP contribution in [0.25, 0.3) is 0 Å². The third kappa shape index (κ3) is 5.37. The Balaban J connectivity index is 1.92. The minimum Gasteiger partial charge on any atom is -0.494 e. The molecule has 31 heavy (non-hydrogen) atoms. The van der Waals surface area contributed by atoms with Gasteiger partial charge in [-0.25, -0.2) is 8.42 Å². The number of rotatable bonds is 8. The fourth-order valence-electron chi connectivity index (χ4n) is 2.87. The van der Waals surface area contributed by atoms with Gasteiger partial charge in [-0.3, -0.25) is 4.79 Å². The van der Waals surface area contributed by atoms with E-state index in [1.54, 1.807) is 48.5 Å². The number of hydrogen-bond acceptors (Lipinski definition) is 5. The summed E-state index contributed by atoms with van der Waals surface area (Å²) in [5, 5.41) is 0.571. The zero-order valence-electron chi connectivity index (χ0n) is 17.1. The lowest BCUT2D eigenvalue weighted by Gasteiger charge is -2.23. The highest BCUT2D eigenvalue weighted by Crippen LogP contribution is 2.27. The quantitative estimate of drug-likeness (QED) is 0.481. The van der Waals surface area contributed by atoms with Gasteiger partial charge in [0.05, 0.1) is 17.2 Å². The molecule has 3 aromatic carbocycles. The first kappa shape index (κ1) is 22.7. The van der Waals surface area contributed by atoms with Crippen LogP contribution in [0.1, 0.15) is 12.5 Å². The minimum atomic E-state index is -4.16. The Morgan fingerprint density at radius 2 is 1.58 bits per heavy atom. The van der Waals surface area contributed by atoms with Gasteiger partial charge in [0.15, 0.2) is 6.61 Å². The second-order valence-corrected chi connectivity index (χ2v) is 8.80. The molecule has 0 radical (unpaired) electrons. The molecule has 0 aromatic heterocycles. The predicted molar refractivity (Wildman–Crippen MR) is 120 cm³/mol. The molecule has 162 valence electrons. The monoisotopic (exact) mass is 459 g/mol. The zero-order chi connectivity index (χ0) is 22.4. The maximum absolute atomic E-state index is 13.3. The number of amides is 1. The van der Waals surface area contributed by atoms with Crippen molar-refractivity contribution in [3.8, 4) is 11.5 Å². The number of nitrogens with zero attached hydrogens (tertiary/aromatic N) is 1. The molecule has 0 aliphatic rings. The number of benzene rings is 3. The highest BCUT2D eigenvalue weighted by molar-refractivity contribution is 7.93. The van der Waals surface area contributed by atoms with E-state index in [-0.39, 0.29) is 10.6 Å². The van der Waals surface area contributed by atoms with Crippen LogP contribution in [0.15, 0.2) is 77.7 Å². The number of hydrogen-bond donors (Lipinski definition) is 0. The molecule has 0 fully saturated rings. The molecule has 0 saturated heterocycles. The Bertz CT molecular complexity index is 1150. The summed E-state index contributed by atoms with van der Waals surface area (Å²) in [6.07, 6.45) is 0. The van der Waals surface area contributed by atoms with E-state index in [0.29, 0.717) is 23.1 Å². The second-order valence-electron chi connectivity index (χ2n) is 6.60. The standard InChI is InChI=1S/C23H22ClNO5S/c1-3-29-19-11-9-18(10-12-19)25(31(27,28)21-7-5-4-6-8-21)23(26)16-30-20-13-14-22(24)17(2)15-20/h4-15H,3,16H2,1-2H3. The van der Waals surface area contributed by atoms with E-state index in [0.717, 1.165) is 9.87 Å². The van der Waals surface area contributed by atoms with Crippen molar-refractivity contribution in [3.05, 3.63) is 83.4 Å². The van der Waals surface area contributed by atoms with Crippen LogP contribution in [0.5, 0.6) is 11.5 Å². The fraction of sp³-hybridized carbons (Fsp3) is 0.174. The lowest BCUT2D eigenvalue weighted by Crippen LogP contribution is -2.40. The number of halogens is 1. The van der Waals surface area contributed by atoms with Gasteiger partial charge in [-0.2, -0.15) is 4.31 Å². The lowest BCUT2D eigenvalue weighted by molar-refractivity contribution is -0.119. The molecule has 0 spiro atoms. The highest BCUT2D eigenvalue weighted by Gasteiger charge is 2.31. The summed E-state index contributed by atoms with van der Waals surface area (Å²) in [7, 11) is -4.16. The van der Waals surface area contributed by atoms with E-state index < -0.39 is 22.5 Å². The van der Waals surface area contributed by atoms with Crippen molar-refractivity contribution in [1.82, 2.24) is 0 Å². The van der Waals surface area contributed by atoms with Crippen LogP contribution in [-0.4, -0.2) is 27.5 Å².